The third-order valence-electron chi connectivity index (χ3n) is 4.22. The minimum Gasteiger partial charge on any atom is -0.348 e. The molecular weight excluding hydrogens is 388 g/mol. The van der Waals surface area contributed by atoms with E-state index in [0.29, 0.717) is 11.1 Å². The number of benzene rings is 2. The standard InChI is InChI=1S/C21H24N4O3S/c1-16(2)24-29(27,28)15-19-7-4-3-6-18(19)14-22-21(26)17-8-10-20(11-9-17)25-13-5-12-23-25/h3-13,16,24H,14-15H2,1-2H3,(H,22,26). The van der Waals surface area contributed by atoms with Crippen molar-refractivity contribution < 1.29 is 13.2 Å². The van der Waals surface area contributed by atoms with E-state index in [9.17, 15) is 13.2 Å². The first-order valence-corrected chi connectivity index (χ1v) is 10.9. The first-order valence-electron chi connectivity index (χ1n) is 9.29. The lowest BCUT2D eigenvalue weighted by Crippen LogP contribution is -2.31. The van der Waals surface area contributed by atoms with Crippen molar-refractivity contribution in [1.82, 2.24) is 19.8 Å². The van der Waals surface area contributed by atoms with E-state index >= 15 is 0 Å². The summed E-state index contributed by atoms with van der Waals surface area (Å²) in [6.07, 6.45) is 3.52. The fraction of sp³-hybridized carbons (Fsp3) is 0.238. The second kappa shape index (κ2) is 9.02. The zero-order chi connectivity index (χ0) is 20.9. The maximum absolute atomic E-state index is 12.5. The number of hydrogen-bond donors (Lipinski definition) is 2. The van der Waals surface area contributed by atoms with Crippen molar-refractivity contribution in [2.24, 2.45) is 0 Å². The van der Waals surface area contributed by atoms with Crippen LogP contribution in [-0.2, 0) is 22.3 Å². The van der Waals surface area contributed by atoms with Gasteiger partial charge >= 0.3 is 0 Å². The Morgan fingerprint density at radius 2 is 1.72 bits per heavy atom. The molecule has 7 nitrogen and oxygen atoms in total. The maximum Gasteiger partial charge on any atom is 0.251 e. The predicted molar refractivity (Wildman–Crippen MR) is 112 cm³/mol. The minimum atomic E-state index is -3.44. The molecule has 0 bridgehead atoms. The molecule has 29 heavy (non-hydrogen) atoms. The van der Waals surface area contributed by atoms with Crippen LogP contribution >= 0.6 is 0 Å². The topological polar surface area (TPSA) is 93.1 Å². The van der Waals surface area contributed by atoms with Crippen LogP contribution in [0, 0.1) is 0 Å². The highest BCUT2D eigenvalue weighted by molar-refractivity contribution is 7.88. The van der Waals surface area contributed by atoms with Gasteiger partial charge in [-0.15, -0.1) is 0 Å². The average molecular weight is 413 g/mol. The van der Waals surface area contributed by atoms with Crippen molar-refractivity contribution >= 4 is 15.9 Å². The molecular formula is C21H24N4O3S. The Hall–Kier alpha value is -2.97. The van der Waals surface area contributed by atoms with Crippen LogP contribution in [0.5, 0.6) is 0 Å². The van der Waals surface area contributed by atoms with Crippen molar-refractivity contribution in [2.75, 3.05) is 0 Å². The third kappa shape index (κ3) is 5.75. The largest absolute Gasteiger partial charge is 0.348 e. The van der Waals surface area contributed by atoms with E-state index in [1.807, 2.05) is 36.5 Å². The monoisotopic (exact) mass is 412 g/mol. The highest BCUT2D eigenvalue weighted by atomic mass is 32.2. The van der Waals surface area contributed by atoms with Crippen LogP contribution in [0.2, 0.25) is 0 Å². The van der Waals surface area contributed by atoms with Gasteiger partial charge in [-0.2, -0.15) is 5.10 Å². The summed E-state index contributed by atoms with van der Waals surface area (Å²) in [7, 11) is -3.44. The Kier molecular flexibility index (Phi) is 6.46. The molecule has 3 aromatic rings. The normalized spacial score (nSPS) is 11.6. The number of hydrogen-bond acceptors (Lipinski definition) is 4. The predicted octanol–water partition coefficient (Wildman–Crippen LogP) is 2.63. The van der Waals surface area contributed by atoms with Crippen LogP contribution in [0.25, 0.3) is 5.69 Å². The molecule has 0 spiro atoms. The van der Waals surface area contributed by atoms with Gasteiger partial charge < -0.3 is 5.32 Å². The number of carbonyl (C=O) groups is 1. The molecule has 0 aliphatic carbocycles. The summed E-state index contributed by atoms with van der Waals surface area (Å²) < 4.78 is 28.8. The number of carbonyl (C=O) groups excluding carboxylic acids is 1. The van der Waals surface area contributed by atoms with Gasteiger partial charge in [0.2, 0.25) is 10.0 Å². The summed E-state index contributed by atoms with van der Waals surface area (Å²) in [5, 5.41) is 7.02. The van der Waals surface area contributed by atoms with Gasteiger partial charge in [0.05, 0.1) is 11.4 Å². The highest BCUT2D eigenvalue weighted by Crippen LogP contribution is 2.13. The Morgan fingerprint density at radius 1 is 1.03 bits per heavy atom. The number of sulfonamides is 1. The van der Waals surface area contributed by atoms with E-state index < -0.39 is 10.0 Å². The molecule has 0 atom stereocenters. The minimum absolute atomic E-state index is 0.129. The van der Waals surface area contributed by atoms with E-state index in [2.05, 4.69) is 15.1 Å². The Bertz CT molecular complexity index is 1060. The SMILES string of the molecule is CC(C)NS(=O)(=O)Cc1ccccc1CNC(=O)c1ccc(-n2cccn2)cc1. The van der Waals surface area contributed by atoms with Crippen molar-refractivity contribution in [3.05, 3.63) is 83.7 Å². The summed E-state index contributed by atoms with van der Waals surface area (Å²) in [6, 6.07) is 16.0. The quantitative estimate of drug-likeness (QED) is 0.595. The highest BCUT2D eigenvalue weighted by Gasteiger charge is 2.16. The lowest BCUT2D eigenvalue weighted by atomic mass is 10.1. The van der Waals surface area contributed by atoms with E-state index in [1.54, 1.807) is 49.0 Å². The van der Waals surface area contributed by atoms with Crippen LogP contribution < -0.4 is 10.0 Å². The summed E-state index contributed by atoms with van der Waals surface area (Å²) >= 11 is 0. The van der Waals surface area contributed by atoms with Gasteiger partial charge in [-0.25, -0.2) is 17.8 Å². The Labute approximate surface area is 170 Å². The number of aromatic nitrogens is 2. The molecule has 1 amide bonds. The molecule has 0 saturated heterocycles. The summed E-state index contributed by atoms with van der Waals surface area (Å²) in [6.45, 7) is 3.80. The van der Waals surface area contributed by atoms with Gasteiger partial charge in [-0.3, -0.25) is 4.79 Å². The number of nitrogens with zero attached hydrogens (tertiary/aromatic N) is 2. The first-order chi connectivity index (χ1) is 13.8. The molecule has 8 heteroatoms. The van der Waals surface area contributed by atoms with Gasteiger partial charge in [0.25, 0.3) is 5.91 Å². The molecule has 152 valence electrons. The maximum atomic E-state index is 12.5. The first kappa shape index (κ1) is 20.8. The zero-order valence-electron chi connectivity index (χ0n) is 16.4. The summed E-state index contributed by atoms with van der Waals surface area (Å²) in [4.78, 5) is 12.5. The van der Waals surface area contributed by atoms with Crippen molar-refractivity contribution in [3.63, 3.8) is 0 Å². The molecule has 0 aliphatic rings. The Morgan fingerprint density at radius 3 is 2.34 bits per heavy atom. The van der Waals surface area contributed by atoms with Crippen LogP contribution in [-0.4, -0.2) is 30.1 Å². The van der Waals surface area contributed by atoms with E-state index in [1.165, 1.54) is 0 Å². The third-order valence-corrected chi connectivity index (χ3v) is 5.74. The van der Waals surface area contributed by atoms with Crippen LogP contribution in [0.4, 0.5) is 0 Å². The van der Waals surface area contributed by atoms with Gasteiger partial charge in [0.1, 0.15) is 0 Å². The van der Waals surface area contributed by atoms with E-state index in [0.717, 1.165) is 11.3 Å². The molecule has 1 aromatic heterocycles. The molecule has 0 radical (unpaired) electrons. The van der Waals surface area contributed by atoms with E-state index in [-0.39, 0.29) is 24.2 Å². The lowest BCUT2D eigenvalue weighted by Gasteiger charge is -2.13. The van der Waals surface area contributed by atoms with Crippen molar-refractivity contribution in [3.8, 4) is 5.69 Å². The summed E-state index contributed by atoms with van der Waals surface area (Å²) in [5.41, 5.74) is 2.81. The smallest absolute Gasteiger partial charge is 0.251 e. The number of amides is 1. The molecule has 0 unspecified atom stereocenters. The average Bonchev–Trinajstić information content (AvgIpc) is 3.20. The molecule has 0 fully saturated rings. The van der Waals surface area contributed by atoms with Crippen molar-refractivity contribution in [1.29, 1.82) is 0 Å². The molecule has 3 rings (SSSR count). The number of nitrogens with one attached hydrogen (secondary N) is 2. The van der Waals surface area contributed by atoms with Gasteiger partial charge in [-0.05, 0) is 55.3 Å². The van der Waals surface area contributed by atoms with Gasteiger partial charge in [0.15, 0.2) is 0 Å². The molecule has 2 aromatic carbocycles. The van der Waals surface area contributed by atoms with Gasteiger partial charge in [0, 0.05) is 30.5 Å². The zero-order valence-corrected chi connectivity index (χ0v) is 17.2. The van der Waals surface area contributed by atoms with Crippen LogP contribution in [0.3, 0.4) is 0 Å². The van der Waals surface area contributed by atoms with Crippen molar-refractivity contribution in [2.45, 2.75) is 32.2 Å². The second-order valence-corrected chi connectivity index (χ2v) is 8.73. The number of rotatable bonds is 8. The Balaban J connectivity index is 1.66. The molecule has 0 saturated carbocycles. The van der Waals surface area contributed by atoms with Crippen LogP contribution in [0.15, 0.2) is 67.0 Å². The lowest BCUT2D eigenvalue weighted by molar-refractivity contribution is 0.0951. The molecule has 1 heterocycles. The van der Waals surface area contributed by atoms with Crippen LogP contribution in [0.1, 0.15) is 35.3 Å². The molecule has 2 N–H and O–H groups in total. The molecule has 0 aliphatic heterocycles. The summed E-state index contributed by atoms with van der Waals surface area (Å²) in [5.74, 6) is -0.356. The second-order valence-electron chi connectivity index (χ2n) is 6.98. The fourth-order valence-electron chi connectivity index (χ4n) is 2.94. The fourth-order valence-corrected chi connectivity index (χ4v) is 4.43. The van der Waals surface area contributed by atoms with E-state index in [4.69, 9.17) is 0 Å². The van der Waals surface area contributed by atoms with Gasteiger partial charge in [-0.1, -0.05) is 24.3 Å².